The Balaban J connectivity index is 5.18. The van der Waals surface area contributed by atoms with E-state index in [0.29, 0.717) is 11.5 Å². The predicted octanol–water partition coefficient (Wildman–Crippen LogP) is 3.35. The number of ether oxygens (including phenoxy) is 3. The van der Waals surface area contributed by atoms with E-state index in [1.807, 2.05) is 12.5 Å². The maximum atomic E-state index is 12.6. The van der Waals surface area contributed by atoms with Crippen molar-refractivity contribution in [2.45, 2.75) is 77.7 Å². The summed E-state index contributed by atoms with van der Waals surface area (Å²) < 4.78 is 15.3. The monoisotopic (exact) mass is 480 g/mol. The van der Waals surface area contributed by atoms with Gasteiger partial charge in [-0.15, -0.1) is 0 Å². The van der Waals surface area contributed by atoms with Gasteiger partial charge >= 0.3 is 24.1 Å². The average Bonchev–Trinajstić information content (AvgIpc) is 2.58. The second-order valence-electron chi connectivity index (χ2n) is 8.70. The Kier molecular flexibility index (Phi) is 13.0. The van der Waals surface area contributed by atoms with Gasteiger partial charge in [0.05, 0.1) is 0 Å². The zero-order chi connectivity index (χ0) is 24.2. The van der Waals surface area contributed by atoms with Crippen LogP contribution in [0.2, 0.25) is 0 Å². The van der Waals surface area contributed by atoms with E-state index in [0.717, 1.165) is 0 Å². The Morgan fingerprint density at radius 3 is 1.29 bits per heavy atom. The number of rotatable bonds is 10. The lowest BCUT2D eigenvalue weighted by atomic mass is 10.2. The van der Waals surface area contributed by atoms with Crippen molar-refractivity contribution in [2.75, 3.05) is 24.0 Å². The number of amides is 2. The van der Waals surface area contributed by atoms with Crippen LogP contribution in [0.3, 0.4) is 0 Å². The van der Waals surface area contributed by atoms with Crippen LogP contribution < -0.4 is 10.6 Å². The molecule has 0 fully saturated rings. The molecule has 9 nitrogen and oxygen atoms in total. The molecule has 0 aliphatic heterocycles. The van der Waals surface area contributed by atoms with Gasteiger partial charge < -0.3 is 24.8 Å². The third kappa shape index (κ3) is 14.9. The fourth-order valence-electron chi connectivity index (χ4n) is 2.11. The highest BCUT2D eigenvalue weighted by Crippen LogP contribution is 2.11. The van der Waals surface area contributed by atoms with Gasteiger partial charge in [0, 0.05) is 0 Å². The van der Waals surface area contributed by atoms with Gasteiger partial charge in [-0.1, -0.05) is 0 Å². The van der Waals surface area contributed by atoms with Crippen LogP contribution in [0.25, 0.3) is 0 Å². The summed E-state index contributed by atoms with van der Waals surface area (Å²) in [6, 6.07) is -2.12. The molecule has 2 unspecified atom stereocenters. The van der Waals surface area contributed by atoms with Crippen LogP contribution >= 0.6 is 23.5 Å². The highest BCUT2D eigenvalue weighted by molar-refractivity contribution is 7.98. The van der Waals surface area contributed by atoms with Crippen molar-refractivity contribution in [2.24, 2.45) is 0 Å². The number of thioether (sulfide) groups is 2. The van der Waals surface area contributed by atoms with Crippen molar-refractivity contribution >= 4 is 47.6 Å². The van der Waals surface area contributed by atoms with Gasteiger partial charge in [0.1, 0.15) is 23.3 Å². The maximum Gasteiger partial charge on any atom is 0.408 e. The number of alkyl carbamates (subject to hydrolysis) is 2. The normalized spacial score (nSPS) is 13.5. The second kappa shape index (κ2) is 13.7. The SMILES string of the molecule is CSCCC(NC(=O)OC(C)(C)C)C(=O)OC(=O)C(CCSC)NC(=O)OC(C)(C)C. The molecule has 0 aromatic rings. The molecule has 0 aromatic heterocycles. The number of carbonyl (C=O) groups is 4. The van der Waals surface area contributed by atoms with Crippen molar-refractivity contribution in [3.63, 3.8) is 0 Å². The quantitative estimate of drug-likeness (QED) is 0.275. The number of nitrogens with one attached hydrogen (secondary N) is 2. The Bertz CT molecular complexity index is 564. The van der Waals surface area contributed by atoms with Crippen LogP contribution in [-0.4, -0.2) is 71.4 Å². The minimum absolute atomic E-state index is 0.251. The molecule has 0 spiro atoms. The van der Waals surface area contributed by atoms with Crippen LogP contribution in [0.4, 0.5) is 9.59 Å². The van der Waals surface area contributed by atoms with Crippen LogP contribution in [0.1, 0.15) is 54.4 Å². The molecule has 2 atom stereocenters. The summed E-state index contributed by atoms with van der Waals surface area (Å²) in [7, 11) is 0. The molecule has 2 amide bonds. The largest absolute Gasteiger partial charge is 0.444 e. The van der Waals surface area contributed by atoms with Crippen LogP contribution in [-0.2, 0) is 23.8 Å². The zero-order valence-electron chi connectivity index (χ0n) is 19.7. The zero-order valence-corrected chi connectivity index (χ0v) is 21.3. The third-order valence-electron chi connectivity index (χ3n) is 3.37. The Morgan fingerprint density at radius 1 is 0.710 bits per heavy atom. The van der Waals surface area contributed by atoms with Gasteiger partial charge in [-0.05, 0) is 78.4 Å². The van der Waals surface area contributed by atoms with Crippen molar-refractivity contribution in [1.82, 2.24) is 10.6 Å². The summed E-state index contributed by atoms with van der Waals surface area (Å²) in [6.07, 6.45) is 2.64. The summed E-state index contributed by atoms with van der Waals surface area (Å²) in [5.74, 6) is -0.721. The lowest BCUT2D eigenvalue weighted by Gasteiger charge is -2.24. The molecule has 2 N–H and O–H groups in total. The van der Waals surface area contributed by atoms with Crippen LogP contribution in [0.15, 0.2) is 0 Å². The molecule has 0 aliphatic carbocycles. The van der Waals surface area contributed by atoms with E-state index in [-0.39, 0.29) is 12.8 Å². The number of esters is 2. The first-order valence-corrected chi connectivity index (χ1v) is 12.7. The second-order valence-corrected chi connectivity index (χ2v) is 10.7. The van der Waals surface area contributed by atoms with Crippen molar-refractivity contribution in [3.05, 3.63) is 0 Å². The molecule has 0 saturated heterocycles. The van der Waals surface area contributed by atoms with E-state index < -0.39 is 47.4 Å². The average molecular weight is 481 g/mol. The summed E-state index contributed by atoms with van der Waals surface area (Å²) in [4.78, 5) is 49.3. The Hall–Kier alpha value is -1.62. The van der Waals surface area contributed by atoms with E-state index in [1.165, 1.54) is 23.5 Å². The van der Waals surface area contributed by atoms with Crippen LogP contribution in [0, 0.1) is 0 Å². The van der Waals surface area contributed by atoms with Crippen LogP contribution in [0.5, 0.6) is 0 Å². The minimum atomic E-state index is -1.06. The third-order valence-corrected chi connectivity index (χ3v) is 4.66. The molecule has 0 saturated carbocycles. The first kappa shape index (κ1) is 29.4. The molecule has 31 heavy (non-hydrogen) atoms. The van der Waals surface area contributed by atoms with Gasteiger partial charge in [-0.2, -0.15) is 23.5 Å². The molecular formula is C20H36N2O7S2. The van der Waals surface area contributed by atoms with Crippen molar-refractivity contribution in [3.8, 4) is 0 Å². The smallest absolute Gasteiger partial charge is 0.408 e. The standard InChI is InChI=1S/C20H36N2O7S2/c1-19(2,3)28-17(25)21-13(9-11-30-7)15(23)27-16(24)14(10-12-31-8)22-18(26)29-20(4,5)6/h13-14H,9-12H2,1-8H3,(H,21,25)(H,22,26). The van der Waals surface area contributed by atoms with Gasteiger partial charge in [0.15, 0.2) is 0 Å². The number of carbonyl (C=O) groups excluding carboxylic acids is 4. The summed E-state index contributed by atoms with van der Waals surface area (Å²) in [5.41, 5.74) is -1.48. The molecule has 180 valence electrons. The molecule has 11 heteroatoms. The molecular weight excluding hydrogens is 444 g/mol. The van der Waals surface area contributed by atoms with Crippen molar-refractivity contribution in [1.29, 1.82) is 0 Å². The fourth-order valence-corrected chi connectivity index (χ4v) is 3.05. The van der Waals surface area contributed by atoms with Gasteiger partial charge in [-0.3, -0.25) is 0 Å². The Morgan fingerprint density at radius 2 is 1.03 bits per heavy atom. The molecule has 0 rings (SSSR count). The van der Waals surface area contributed by atoms with Gasteiger partial charge in [0.2, 0.25) is 0 Å². The highest BCUT2D eigenvalue weighted by atomic mass is 32.2. The predicted molar refractivity (Wildman–Crippen MR) is 123 cm³/mol. The molecule has 0 aliphatic rings. The summed E-state index contributed by atoms with van der Waals surface area (Å²) >= 11 is 2.95. The van der Waals surface area contributed by atoms with Gasteiger partial charge in [0.25, 0.3) is 0 Å². The van der Waals surface area contributed by atoms with E-state index in [1.54, 1.807) is 41.5 Å². The maximum absolute atomic E-state index is 12.6. The lowest BCUT2D eigenvalue weighted by Crippen LogP contribution is -2.48. The van der Waals surface area contributed by atoms with E-state index in [4.69, 9.17) is 14.2 Å². The summed E-state index contributed by atoms with van der Waals surface area (Å²) in [6.45, 7) is 10.2. The van der Waals surface area contributed by atoms with Crippen molar-refractivity contribution < 1.29 is 33.4 Å². The van der Waals surface area contributed by atoms with E-state index in [9.17, 15) is 19.2 Å². The lowest BCUT2D eigenvalue weighted by molar-refractivity contribution is -0.162. The molecule has 0 aromatic carbocycles. The summed E-state index contributed by atoms with van der Waals surface area (Å²) in [5, 5.41) is 4.90. The molecule has 0 radical (unpaired) electrons. The van der Waals surface area contributed by atoms with E-state index in [2.05, 4.69) is 10.6 Å². The topological polar surface area (TPSA) is 120 Å². The first-order valence-electron chi connectivity index (χ1n) is 9.91. The number of hydrogen-bond acceptors (Lipinski definition) is 9. The Labute approximate surface area is 193 Å². The number of hydrogen-bond donors (Lipinski definition) is 2. The van der Waals surface area contributed by atoms with E-state index >= 15 is 0 Å². The minimum Gasteiger partial charge on any atom is -0.444 e. The molecule has 0 heterocycles. The molecule has 0 bridgehead atoms. The van der Waals surface area contributed by atoms with Gasteiger partial charge in [-0.25, -0.2) is 19.2 Å². The highest BCUT2D eigenvalue weighted by Gasteiger charge is 2.31. The first-order chi connectivity index (χ1) is 14.2. The fraction of sp³-hybridized carbons (Fsp3) is 0.800.